The van der Waals surface area contributed by atoms with E-state index in [2.05, 4.69) is 37.6 Å². The van der Waals surface area contributed by atoms with Gasteiger partial charge in [0.15, 0.2) is 5.65 Å². The Labute approximate surface area is 186 Å². The molecule has 4 heterocycles. The molecule has 0 N–H and O–H groups in total. The van der Waals surface area contributed by atoms with Crippen molar-refractivity contribution in [1.29, 1.82) is 0 Å². The van der Waals surface area contributed by atoms with Gasteiger partial charge in [-0.2, -0.15) is 5.10 Å². The first-order valence-electron chi connectivity index (χ1n) is 10.3. The maximum absolute atomic E-state index is 14.2. The summed E-state index contributed by atoms with van der Waals surface area (Å²) in [7, 11) is 4.08. The number of aromatic nitrogens is 5. The summed E-state index contributed by atoms with van der Waals surface area (Å²) < 4.78 is 16.2. The Morgan fingerprint density at radius 3 is 2.75 bits per heavy atom. The molecule has 0 bridgehead atoms. The van der Waals surface area contributed by atoms with Gasteiger partial charge < -0.3 is 4.90 Å². The van der Waals surface area contributed by atoms with Crippen LogP contribution < -0.4 is 0 Å². The van der Waals surface area contributed by atoms with E-state index in [0.29, 0.717) is 16.9 Å². The molecule has 4 aromatic heterocycles. The summed E-state index contributed by atoms with van der Waals surface area (Å²) >= 11 is 0. The largest absolute Gasteiger partial charge is 0.308 e. The first-order chi connectivity index (χ1) is 15.5. The van der Waals surface area contributed by atoms with Crippen LogP contribution in [0.2, 0.25) is 0 Å². The molecule has 0 amide bonds. The molecule has 4 rings (SSSR count). The van der Waals surface area contributed by atoms with Crippen LogP contribution >= 0.6 is 0 Å². The third-order valence-corrected chi connectivity index (χ3v) is 5.30. The van der Waals surface area contributed by atoms with Crippen molar-refractivity contribution < 1.29 is 4.39 Å². The van der Waals surface area contributed by atoms with E-state index in [1.165, 1.54) is 6.08 Å². The predicted molar refractivity (Wildman–Crippen MR) is 126 cm³/mol. The highest BCUT2D eigenvalue weighted by molar-refractivity contribution is 5.94. The SMILES string of the molecule is C=CC(F)=C(C)c1cc(-c2cncc(-c3cnn(CCN(C)C)c3)c2)c2cccnc2n1. The zero-order valence-corrected chi connectivity index (χ0v) is 18.5. The minimum atomic E-state index is -0.407. The van der Waals surface area contributed by atoms with Crippen LogP contribution in [0.4, 0.5) is 4.39 Å². The maximum Gasteiger partial charge on any atom is 0.160 e. The minimum absolute atomic E-state index is 0.407. The van der Waals surface area contributed by atoms with E-state index in [1.807, 2.05) is 55.6 Å². The van der Waals surface area contributed by atoms with Crippen LogP contribution in [0.5, 0.6) is 0 Å². The molecule has 0 aliphatic heterocycles. The van der Waals surface area contributed by atoms with Crippen LogP contribution in [-0.2, 0) is 6.54 Å². The van der Waals surface area contributed by atoms with Gasteiger partial charge in [0.05, 0.1) is 18.4 Å². The third kappa shape index (κ3) is 4.48. The number of allylic oxidation sites excluding steroid dienone is 3. The first-order valence-corrected chi connectivity index (χ1v) is 10.3. The Kier molecular flexibility index (Phi) is 6.18. The summed E-state index contributed by atoms with van der Waals surface area (Å²) in [5, 5.41) is 5.35. The van der Waals surface area contributed by atoms with Crippen LogP contribution in [-0.4, -0.2) is 50.3 Å². The van der Waals surface area contributed by atoms with Crippen molar-refractivity contribution in [3.05, 3.63) is 79.4 Å². The number of hydrogen-bond donors (Lipinski definition) is 0. The van der Waals surface area contributed by atoms with Crippen LogP contribution in [0.1, 0.15) is 12.6 Å². The van der Waals surface area contributed by atoms with Crippen LogP contribution in [0.15, 0.2) is 73.7 Å². The Bertz CT molecular complexity index is 1300. The second-order valence-corrected chi connectivity index (χ2v) is 7.86. The highest BCUT2D eigenvalue weighted by Crippen LogP contribution is 2.32. The summed E-state index contributed by atoms with van der Waals surface area (Å²) in [4.78, 5) is 15.5. The standard InChI is InChI=1S/C25H25FN6/c1-5-23(26)17(2)24-12-22(21-7-6-8-28-25(21)30-24)19-11-18(13-27-14-19)20-15-29-32(16-20)10-9-31(3)4/h5-8,11-16H,1,9-10H2,2-4H3. The average Bonchev–Trinajstić information content (AvgIpc) is 3.30. The fourth-order valence-corrected chi connectivity index (χ4v) is 3.45. The van der Waals surface area contributed by atoms with Gasteiger partial charge in [0, 0.05) is 59.0 Å². The molecule has 4 aromatic rings. The quantitative estimate of drug-likeness (QED) is 0.388. The lowest BCUT2D eigenvalue weighted by molar-refractivity contribution is 0.373. The lowest BCUT2D eigenvalue weighted by Crippen LogP contribution is -2.18. The summed E-state index contributed by atoms with van der Waals surface area (Å²) in [6.07, 6.45) is 10.4. The molecule has 0 aliphatic carbocycles. The summed E-state index contributed by atoms with van der Waals surface area (Å²) in [5.74, 6) is -0.407. The second-order valence-electron chi connectivity index (χ2n) is 7.86. The van der Waals surface area contributed by atoms with Crippen LogP contribution in [0, 0.1) is 0 Å². The minimum Gasteiger partial charge on any atom is -0.308 e. The third-order valence-electron chi connectivity index (χ3n) is 5.30. The van der Waals surface area contributed by atoms with Gasteiger partial charge in [0.2, 0.25) is 0 Å². The van der Waals surface area contributed by atoms with Gasteiger partial charge in [-0.25, -0.2) is 14.4 Å². The van der Waals surface area contributed by atoms with Crippen molar-refractivity contribution in [2.24, 2.45) is 0 Å². The lowest BCUT2D eigenvalue weighted by Gasteiger charge is -2.11. The number of fused-ring (bicyclic) bond motifs is 1. The molecule has 6 nitrogen and oxygen atoms in total. The molecule has 0 radical (unpaired) electrons. The van der Waals surface area contributed by atoms with Gasteiger partial charge in [0.1, 0.15) is 5.83 Å². The maximum atomic E-state index is 14.2. The van der Waals surface area contributed by atoms with Crippen molar-refractivity contribution in [1.82, 2.24) is 29.6 Å². The van der Waals surface area contributed by atoms with Crippen molar-refractivity contribution in [2.45, 2.75) is 13.5 Å². The summed E-state index contributed by atoms with van der Waals surface area (Å²) in [6, 6.07) is 7.77. The first kappa shape index (κ1) is 21.5. The van der Waals surface area contributed by atoms with Gasteiger partial charge in [-0.3, -0.25) is 9.67 Å². The summed E-state index contributed by atoms with van der Waals surface area (Å²) in [6.45, 7) is 6.93. The highest BCUT2D eigenvalue weighted by atomic mass is 19.1. The normalized spacial score (nSPS) is 12.3. The van der Waals surface area contributed by atoms with E-state index in [0.717, 1.165) is 40.7 Å². The number of pyridine rings is 3. The monoisotopic (exact) mass is 428 g/mol. The zero-order chi connectivity index (χ0) is 22.7. The van der Waals surface area contributed by atoms with Crippen molar-refractivity contribution >= 4 is 16.6 Å². The van der Waals surface area contributed by atoms with E-state index in [1.54, 1.807) is 19.3 Å². The van der Waals surface area contributed by atoms with Crippen molar-refractivity contribution in [3.8, 4) is 22.3 Å². The highest BCUT2D eigenvalue weighted by Gasteiger charge is 2.13. The predicted octanol–water partition coefficient (Wildman–Crippen LogP) is 5.00. The average molecular weight is 429 g/mol. The van der Waals surface area contributed by atoms with E-state index in [4.69, 9.17) is 0 Å². The second kappa shape index (κ2) is 9.20. The zero-order valence-electron chi connectivity index (χ0n) is 18.5. The van der Waals surface area contributed by atoms with Gasteiger partial charge in [-0.1, -0.05) is 6.58 Å². The molecule has 0 saturated carbocycles. The summed E-state index contributed by atoms with van der Waals surface area (Å²) in [5.41, 5.74) is 5.23. The van der Waals surface area contributed by atoms with E-state index >= 15 is 0 Å². The van der Waals surface area contributed by atoms with Gasteiger partial charge >= 0.3 is 0 Å². The molecular weight excluding hydrogens is 403 g/mol. The fraction of sp³-hybridized carbons (Fsp3) is 0.200. The van der Waals surface area contributed by atoms with Crippen molar-refractivity contribution in [2.75, 3.05) is 20.6 Å². The fourth-order valence-electron chi connectivity index (χ4n) is 3.45. The molecular formula is C25H25FN6. The van der Waals surface area contributed by atoms with E-state index < -0.39 is 5.83 Å². The molecule has 0 unspecified atom stereocenters. The Balaban J connectivity index is 1.79. The van der Waals surface area contributed by atoms with E-state index in [-0.39, 0.29) is 0 Å². The topological polar surface area (TPSA) is 59.7 Å². The lowest BCUT2D eigenvalue weighted by atomic mass is 9.99. The molecule has 7 heteroatoms. The molecule has 162 valence electrons. The van der Waals surface area contributed by atoms with Crippen LogP contribution in [0.25, 0.3) is 38.9 Å². The number of rotatable bonds is 7. The molecule has 0 aromatic carbocycles. The van der Waals surface area contributed by atoms with Crippen molar-refractivity contribution in [3.63, 3.8) is 0 Å². The smallest absolute Gasteiger partial charge is 0.160 e. The van der Waals surface area contributed by atoms with Gasteiger partial charge in [0.25, 0.3) is 0 Å². The molecule has 0 fully saturated rings. The van der Waals surface area contributed by atoms with Crippen LogP contribution in [0.3, 0.4) is 0 Å². The number of nitrogens with zero attached hydrogens (tertiary/aromatic N) is 6. The van der Waals surface area contributed by atoms with Gasteiger partial charge in [-0.15, -0.1) is 0 Å². The Hall–Kier alpha value is -3.71. The number of halogens is 1. The molecule has 0 spiro atoms. The van der Waals surface area contributed by atoms with E-state index in [9.17, 15) is 4.39 Å². The number of likely N-dealkylation sites (N-methyl/N-ethyl adjacent to an activating group) is 1. The molecule has 0 atom stereocenters. The van der Waals surface area contributed by atoms with Gasteiger partial charge in [-0.05, 0) is 56.9 Å². The Morgan fingerprint density at radius 2 is 1.97 bits per heavy atom. The number of hydrogen-bond acceptors (Lipinski definition) is 5. The molecule has 0 saturated heterocycles. The Morgan fingerprint density at radius 1 is 1.16 bits per heavy atom. The molecule has 32 heavy (non-hydrogen) atoms. The molecule has 0 aliphatic rings.